The van der Waals surface area contributed by atoms with Crippen molar-refractivity contribution in [3.8, 4) is 0 Å². The summed E-state index contributed by atoms with van der Waals surface area (Å²) in [5.74, 6) is 0. The maximum atomic E-state index is 11.0. The highest BCUT2D eigenvalue weighted by atomic mass is 32.1. The molecule has 0 aliphatic carbocycles. The van der Waals surface area contributed by atoms with Gasteiger partial charge in [0.1, 0.15) is 4.99 Å². The van der Waals surface area contributed by atoms with Gasteiger partial charge < -0.3 is 10.6 Å². The minimum Gasteiger partial charge on any atom is -0.325 e. The highest BCUT2D eigenvalue weighted by Crippen LogP contribution is 2.21. The predicted molar refractivity (Wildman–Crippen MR) is 56.6 cm³/mol. The molecule has 0 saturated carbocycles. The molecule has 1 aliphatic heterocycles. The van der Waals surface area contributed by atoms with E-state index in [4.69, 9.17) is 12.2 Å². The Bertz CT molecular complexity index is 263. The Morgan fingerprint density at radius 2 is 1.92 bits per heavy atom. The van der Waals surface area contributed by atoms with Crippen molar-refractivity contribution >= 4 is 23.2 Å². The van der Waals surface area contributed by atoms with Crippen LogP contribution in [0.15, 0.2) is 25.3 Å². The lowest BCUT2D eigenvalue weighted by molar-refractivity contribution is 0.244. The number of carbonyl (C=O) groups is 1. The van der Waals surface area contributed by atoms with Crippen LogP contribution in [-0.2, 0) is 0 Å². The Kier molecular flexibility index (Phi) is 2.83. The molecule has 0 unspecified atom stereocenters. The van der Waals surface area contributed by atoms with Gasteiger partial charge in [-0.25, -0.2) is 4.79 Å². The molecule has 2 N–H and O–H groups in total. The topological polar surface area (TPSA) is 41.1 Å². The fourth-order valence-electron chi connectivity index (χ4n) is 1.39. The smallest absolute Gasteiger partial charge is 0.320 e. The SMILES string of the molecule is C=CCC1(CC=C)NC(=O)NC1=S. The van der Waals surface area contributed by atoms with E-state index < -0.39 is 5.54 Å². The van der Waals surface area contributed by atoms with Gasteiger partial charge in [-0.1, -0.05) is 24.4 Å². The van der Waals surface area contributed by atoms with E-state index in [9.17, 15) is 4.79 Å². The van der Waals surface area contributed by atoms with Gasteiger partial charge >= 0.3 is 6.03 Å². The third-order valence-electron chi connectivity index (χ3n) is 2.00. The quantitative estimate of drug-likeness (QED) is 0.528. The lowest BCUT2D eigenvalue weighted by atomic mass is 9.92. The average molecular weight is 196 g/mol. The summed E-state index contributed by atoms with van der Waals surface area (Å²) < 4.78 is 0. The molecule has 0 bridgehead atoms. The molecule has 1 heterocycles. The number of amides is 2. The fraction of sp³-hybridized carbons (Fsp3) is 0.333. The minimum absolute atomic E-state index is 0.242. The van der Waals surface area contributed by atoms with Crippen LogP contribution >= 0.6 is 12.2 Å². The van der Waals surface area contributed by atoms with Crippen molar-refractivity contribution in [2.75, 3.05) is 0 Å². The highest BCUT2D eigenvalue weighted by Gasteiger charge is 2.40. The molecule has 0 aromatic carbocycles. The summed E-state index contributed by atoms with van der Waals surface area (Å²) in [5, 5.41) is 5.35. The van der Waals surface area contributed by atoms with Gasteiger partial charge in [-0.15, -0.1) is 13.2 Å². The molecule has 0 aromatic rings. The van der Waals surface area contributed by atoms with Crippen LogP contribution in [0.4, 0.5) is 4.79 Å². The van der Waals surface area contributed by atoms with Crippen LogP contribution in [0.2, 0.25) is 0 Å². The number of urea groups is 1. The predicted octanol–water partition coefficient (Wildman–Crippen LogP) is 1.52. The molecule has 2 amide bonds. The standard InChI is InChI=1S/C9H12N2OS/c1-3-5-9(6-4-2)7(13)10-8(12)11-9/h3-4H,1-2,5-6H2,(H2,10,11,12,13). The molecule has 1 aliphatic rings. The number of nitrogens with one attached hydrogen (secondary N) is 2. The molecular formula is C9H12N2OS. The van der Waals surface area contributed by atoms with Crippen LogP contribution in [0, 0.1) is 0 Å². The number of hydrogen-bond acceptors (Lipinski definition) is 2. The molecule has 70 valence electrons. The Balaban J connectivity index is 2.88. The highest BCUT2D eigenvalue weighted by molar-refractivity contribution is 7.80. The van der Waals surface area contributed by atoms with E-state index in [1.165, 1.54) is 0 Å². The third kappa shape index (κ3) is 1.78. The molecular weight excluding hydrogens is 184 g/mol. The van der Waals surface area contributed by atoms with Crippen molar-refractivity contribution in [1.82, 2.24) is 10.6 Å². The molecule has 1 rings (SSSR count). The lowest BCUT2D eigenvalue weighted by Gasteiger charge is -2.24. The summed E-state index contributed by atoms with van der Waals surface area (Å²) >= 11 is 5.07. The Labute approximate surface area is 82.9 Å². The van der Waals surface area contributed by atoms with E-state index in [2.05, 4.69) is 23.8 Å². The van der Waals surface area contributed by atoms with Crippen molar-refractivity contribution in [1.29, 1.82) is 0 Å². The van der Waals surface area contributed by atoms with Crippen LogP contribution in [0.1, 0.15) is 12.8 Å². The first-order chi connectivity index (χ1) is 6.14. The van der Waals surface area contributed by atoms with Crippen molar-refractivity contribution in [2.45, 2.75) is 18.4 Å². The normalized spacial score (nSPS) is 19.1. The van der Waals surface area contributed by atoms with Gasteiger partial charge in [-0.2, -0.15) is 0 Å². The van der Waals surface area contributed by atoms with Crippen LogP contribution in [0.5, 0.6) is 0 Å². The zero-order valence-corrected chi connectivity index (χ0v) is 8.12. The second-order valence-electron chi connectivity index (χ2n) is 2.98. The first-order valence-electron chi connectivity index (χ1n) is 4.00. The molecule has 1 saturated heterocycles. The van der Waals surface area contributed by atoms with E-state index in [1.807, 2.05) is 0 Å². The Morgan fingerprint density at radius 1 is 1.38 bits per heavy atom. The van der Waals surface area contributed by atoms with Crippen LogP contribution < -0.4 is 10.6 Å². The summed E-state index contributed by atoms with van der Waals surface area (Å²) in [6.45, 7) is 7.28. The Morgan fingerprint density at radius 3 is 2.23 bits per heavy atom. The second-order valence-corrected chi connectivity index (χ2v) is 3.38. The molecule has 3 nitrogen and oxygen atoms in total. The maximum Gasteiger partial charge on any atom is 0.320 e. The summed E-state index contributed by atoms with van der Waals surface area (Å²) in [4.78, 5) is 11.6. The molecule has 1 fully saturated rings. The molecule has 0 aromatic heterocycles. The minimum atomic E-state index is -0.490. The van der Waals surface area contributed by atoms with Gasteiger partial charge in [0.05, 0.1) is 5.54 Å². The van der Waals surface area contributed by atoms with Gasteiger partial charge in [0, 0.05) is 0 Å². The maximum absolute atomic E-state index is 11.0. The third-order valence-corrected chi connectivity index (χ3v) is 2.49. The largest absolute Gasteiger partial charge is 0.325 e. The van der Waals surface area contributed by atoms with Gasteiger partial charge in [-0.05, 0) is 12.8 Å². The van der Waals surface area contributed by atoms with Gasteiger partial charge in [0.2, 0.25) is 0 Å². The van der Waals surface area contributed by atoms with Crippen LogP contribution in [0.3, 0.4) is 0 Å². The molecule has 0 atom stereocenters. The van der Waals surface area contributed by atoms with Crippen LogP contribution in [0.25, 0.3) is 0 Å². The zero-order chi connectivity index (χ0) is 9.90. The molecule has 13 heavy (non-hydrogen) atoms. The number of thiocarbonyl (C=S) groups is 1. The van der Waals surface area contributed by atoms with Gasteiger partial charge in [-0.3, -0.25) is 0 Å². The number of hydrogen-bond donors (Lipinski definition) is 2. The fourth-order valence-corrected chi connectivity index (χ4v) is 1.70. The van der Waals surface area contributed by atoms with Crippen molar-refractivity contribution in [3.05, 3.63) is 25.3 Å². The van der Waals surface area contributed by atoms with E-state index in [0.29, 0.717) is 17.8 Å². The van der Waals surface area contributed by atoms with Crippen molar-refractivity contribution < 1.29 is 4.79 Å². The van der Waals surface area contributed by atoms with E-state index in [-0.39, 0.29) is 6.03 Å². The molecule has 0 radical (unpaired) electrons. The van der Waals surface area contributed by atoms with Crippen molar-refractivity contribution in [2.24, 2.45) is 0 Å². The number of carbonyl (C=O) groups excluding carboxylic acids is 1. The first-order valence-corrected chi connectivity index (χ1v) is 4.41. The molecule has 0 spiro atoms. The average Bonchev–Trinajstić information content (AvgIpc) is 2.28. The summed E-state index contributed by atoms with van der Waals surface area (Å²) in [7, 11) is 0. The van der Waals surface area contributed by atoms with E-state index in [0.717, 1.165) is 0 Å². The molecule has 4 heteroatoms. The van der Waals surface area contributed by atoms with Crippen LogP contribution in [-0.4, -0.2) is 16.6 Å². The summed E-state index contributed by atoms with van der Waals surface area (Å²) in [6, 6.07) is -0.242. The number of rotatable bonds is 4. The van der Waals surface area contributed by atoms with Gasteiger partial charge in [0.25, 0.3) is 0 Å². The Hall–Kier alpha value is -1.16. The van der Waals surface area contributed by atoms with E-state index >= 15 is 0 Å². The van der Waals surface area contributed by atoms with E-state index in [1.54, 1.807) is 12.2 Å². The first kappa shape index (κ1) is 9.92. The summed E-state index contributed by atoms with van der Waals surface area (Å²) in [6.07, 6.45) is 4.72. The lowest BCUT2D eigenvalue weighted by Crippen LogP contribution is -2.45. The van der Waals surface area contributed by atoms with Gasteiger partial charge in [0.15, 0.2) is 0 Å². The summed E-state index contributed by atoms with van der Waals surface area (Å²) in [5.41, 5.74) is -0.490. The van der Waals surface area contributed by atoms with Crippen molar-refractivity contribution in [3.63, 3.8) is 0 Å². The zero-order valence-electron chi connectivity index (χ0n) is 7.30. The second kappa shape index (κ2) is 3.70. The monoisotopic (exact) mass is 196 g/mol.